The number of hydrogen-bond acceptors (Lipinski definition) is 1. The zero-order chi connectivity index (χ0) is 13.5. The van der Waals surface area contributed by atoms with Gasteiger partial charge in [0.05, 0.1) is 0 Å². The summed E-state index contributed by atoms with van der Waals surface area (Å²) in [7, 11) is 0. The first-order valence-corrected chi connectivity index (χ1v) is 7.60. The molecule has 0 atom stereocenters. The lowest BCUT2D eigenvalue weighted by Crippen LogP contribution is -1.93. The van der Waals surface area contributed by atoms with E-state index in [-0.39, 0.29) is 0 Å². The normalized spacial score (nSPS) is 11.2. The minimum Gasteiger partial charge on any atom is -0.481 e. The quantitative estimate of drug-likeness (QED) is 0.356. The second kappa shape index (κ2) is 14.3. The van der Waals surface area contributed by atoms with Crippen LogP contribution in [0.5, 0.6) is 0 Å². The zero-order valence-corrected chi connectivity index (χ0v) is 12.0. The number of carboxylic acid groups (broad SMARTS) is 1. The van der Waals surface area contributed by atoms with Crippen LogP contribution in [0.2, 0.25) is 0 Å². The molecule has 0 spiro atoms. The van der Waals surface area contributed by atoms with Crippen molar-refractivity contribution in [3.63, 3.8) is 0 Å². The van der Waals surface area contributed by atoms with Crippen LogP contribution in [-0.2, 0) is 4.79 Å². The third kappa shape index (κ3) is 15.2. The molecule has 0 amide bonds. The largest absolute Gasteiger partial charge is 0.481 e. The van der Waals surface area contributed by atoms with Gasteiger partial charge in [0, 0.05) is 6.42 Å². The monoisotopic (exact) mass is 254 g/mol. The van der Waals surface area contributed by atoms with Crippen LogP contribution in [0.1, 0.15) is 84.0 Å². The van der Waals surface area contributed by atoms with Gasteiger partial charge < -0.3 is 5.11 Å². The highest BCUT2D eigenvalue weighted by Gasteiger charge is 1.96. The molecule has 1 N–H and O–H groups in total. The van der Waals surface area contributed by atoms with Crippen LogP contribution in [0.15, 0.2) is 12.2 Å². The van der Waals surface area contributed by atoms with Crippen molar-refractivity contribution < 1.29 is 9.90 Å². The molecule has 2 nitrogen and oxygen atoms in total. The van der Waals surface area contributed by atoms with Gasteiger partial charge in [0.1, 0.15) is 0 Å². The van der Waals surface area contributed by atoms with Gasteiger partial charge in [0.2, 0.25) is 0 Å². The number of hydrogen-bond donors (Lipinski definition) is 1. The summed E-state index contributed by atoms with van der Waals surface area (Å²) in [6.07, 6.45) is 18.5. The number of rotatable bonds is 13. The summed E-state index contributed by atoms with van der Waals surface area (Å²) >= 11 is 0. The molecule has 0 unspecified atom stereocenters. The van der Waals surface area contributed by atoms with Crippen LogP contribution >= 0.6 is 0 Å². The van der Waals surface area contributed by atoms with Gasteiger partial charge in [-0.05, 0) is 26.2 Å². The first kappa shape index (κ1) is 17.2. The van der Waals surface area contributed by atoms with E-state index in [0.29, 0.717) is 6.42 Å². The van der Waals surface area contributed by atoms with Crippen LogP contribution in [0.4, 0.5) is 0 Å². The highest BCUT2D eigenvalue weighted by Crippen LogP contribution is 2.12. The highest BCUT2D eigenvalue weighted by atomic mass is 16.4. The fourth-order valence-electron chi connectivity index (χ4n) is 2.12. The lowest BCUT2D eigenvalue weighted by molar-refractivity contribution is -0.137. The Kier molecular flexibility index (Phi) is 13.6. The molecule has 0 aliphatic carbocycles. The van der Waals surface area contributed by atoms with E-state index >= 15 is 0 Å². The van der Waals surface area contributed by atoms with Gasteiger partial charge in [0.25, 0.3) is 0 Å². The number of carbonyl (C=O) groups is 1. The first-order valence-electron chi connectivity index (χ1n) is 7.60. The van der Waals surface area contributed by atoms with Gasteiger partial charge in [-0.2, -0.15) is 0 Å². The van der Waals surface area contributed by atoms with Crippen molar-refractivity contribution in [2.45, 2.75) is 84.0 Å². The lowest BCUT2D eigenvalue weighted by Gasteiger charge is -2.01. The van der Waals surface area contributed by atoms with Crippen LogP contribution in [0.3, 0.4) is 0 Å². The molecule has 0 aromatic heterocycles. The van der Waals surface area contributed by atoms with Gasteiger partial charge in [-0.25, -0.2) is 0 Å². The van der Waals surface area contributed by atoms with E-state index < -0.39 is 5.97 Å². The van der Waals surface area contributed by atoms with E-state index in [9.17, 15) is 4.79 Å². The fraction of sp³-hybridized carbons (Fsp3) is 0.812. The predicted octanol–water partition coefficient (Wildman–Crippen LogP) is 5.33. The molecular formula is C16H30O2. The molecule has 0 radical (unpaired) electrons. The van der Waals surface area contributed by atoms with Gasteiger partial charge in [-0.1, -0.05) is 63.5 Å². The van der Waals surface area contributed by atoms with E-state index in [2.05, 4.69) is 19.1 Å². The molecule has 0 saturated carbocycles. The lowest BCUT2D eigenvalue weighted by atomic mass is 10.1. The van der Waals surface area contributed by atoms with Crippen molar-refractivity contribution in [1.82, 2.24) is 0 Å². The summed E-state index contributed by atoms with van der Waals surface area (Å²) < 4.78 is 0. The Morgan fingerprint density at radius 2 is 1.28 bits per heavy atom. The van der Waals surface area contributed by atoms with Gasteiger partial charge >= 0.3 is 5.97 Å². The first-order chi connectivity index (χ1) is 8.77. The minimum absolute atomic E-state index is 0.339. The Bertz CT molecular complexity index is 209. The maximum absolute atomic E-state index is 10.3. The number of allylic oxidation sites excluding steroid dienone is 2. The molecule has 0 heterocycles. The van der Waals surface area contributed by atoms with Crippen molar-refractivity contribution in [1.29, 1.82) is 0 Å². The van der Waals surface area contributed by atoms with Crippen molar-refractivity contribution in [2.75, 3.05) is 0 Å². The summed E-state index contributed by atoms with van der Waals surface area (Å²) in [5.41, 5.74) is 0. The third-order valence-electron chi connectivity index (χ3n) is 3.25. The summed E-state index contributed by atoms with van der Waals surface area (Å²) in [4.78, 5) is 10.3. The molecule has 106 valence electrons. The molecule has 0 bridgehead atoms. The van der Waals surface area contributed by atoms with E-state index in [4.69, 9.17) is 5.11 Å². The van der Waals surface area contributed by atoms with Gasteiger partial charge in [-0.15, -0.1) is 0 Å². The average molecular weight is 254 g/mol. The smallest absolute Gasteiger partial charge is 0.303 e. The summed E-state index contributed by atoms with van der Waals surface area (Å²) in [6, 6.07) is 0. The molecular weight excluding hydrogens is 224 g/mol. The SMILES string of the molecule is CC=CCCCCCCCCCCCCC(=O)O. The second-order valence-electron chi connectivity index (χ2n) is 5.04. The van der Waals surface area contributed by atoms with E-state index in [1.807, 2.05) is 0 Å². The van der Waals surface area contributed by atoms with Gasteiger partial charge in [0.15, 0.2) is 0 Å². The Morgan fingerprint density at radius 1 is 0.833 bits per heavy atom. The predicted molar refractivity (Wildman–Crippen MR) is 77.9 cm³/mol. The number of aliphatic carboxylic acids is 1. The molecule has 2 heteroatoms. The molecule has 18 heavy (non-hydrogen) atoms. The van der Waals surface area contributed by atoms with Crippen LogP contribution in [0.25, 0.3) is 0 Å². The van der Waals surface area contributed by atoms with Crippen LogP contribution in [-0.4, -0.2) is 11.1 Å². The summed E-state index contributed by atoms with van der Waals surface area (Å²) in [5, 5.41) is 8.49. The molecule has 0 aromatic rings. The topological polar surface area (TPSA) is 37.3 Å². The van der Waals surface area contributed by atoms with Crippen molar-refractivity contribution in [3.8, 4) is 0 Å². The minimum atomic E-state index is -0.659. The standard InChI is InChI=1S/C16H30O2/c1-2-3-4-5-6-7-8-9-10-11-12-13-14-15-16(17)18/h2-3H,4-15H2,1H3,(H,17,18). The maximum Gasteiger partial charge on any atom is 0.303 e. The Hall–Kier alpha value is -0.790. The van der Waals surface area contributed by atoms with E-state index in [1.54, 1.807) is 0 Å². The summed E-state index contributed by atoms with van der Waals surface area (Å²) in [5.74, 6) is -0.659. The number of carboxylic acids is 1. The zero-order valence-electron chi connectivity index (χ0n) is 12.0. The number of unbranched alkanes of at least 4 members (excludes halogenated alkanes) is 10. The Morgan fingerprint density at radius 3 is 1.72 bits per heavy atom. The van der Waals surface area contributed by atoms with Gasteiger partial charge in [-0.3, -0.25) is 4.79 Å². The maximum atomic E-state index is 10.3. The third-order valence-corrected chi connectivity index (χ3v) is 3.25. The van der Waals surface area contributed by atoms with Crippen molar-refractivity contribution in [3.05, 3.63) is 12.2 Å². The summed E-state index contributed by atoms with van der Waals surface area (Å²) in [6.45, 7) is 2.08. The average Bonchev–Trinajstić information content (AvgIpc) is 2.34. The van der Waals surface area contributed by atoms with Crippen molar-refractivity contribution >= 4 is 5.97 Å². The molecule has 0 aromatic carbocycles. The van der Waals surface area contributed by atoms with Crippen LogP contribution < -0.4 is 0 Å². The molecule has 0 rings (SSSR count). The Balaban J connectivity index is 2.96. The van der Waals surface area contributed by atoms with Crippen molar-refractivity contribution in [2.24, 2.45) is 0 Å². The molecule has 0 aliphatic rings. The fourth-order valence-corrected chi connectivity index (χ4v) is 2.12. The second-order valence-corrected chi connectivity index (χ2v) is 5.04. The van der Waals surface area contributed by atoms with E-state index in [1.165, 1.54) is 57.8 Å². The molecule has 0 fully saturated rings. The molecule has 0 saturated heterocycles. The van der Waals surface area contributed by atoms with Crippen LogP contribution in [0, 0.1) is 0 Å². The molecule has 0 aliphatic heterocycles. The van der Waals surface area contributed by atoms with E-state index in [0.717, 1.165) is 12.8 Å². The highest BCUT2D eigenvalue weighted by molar-refractivity contribution is 5.66. The Labute approximate surface area is 112 Å².